The van der Waals surface area contributed by atoms with E-state index in [9.17, 15) is 4.79 Å². The molecule has 0 saturated carbocycles. The highest BCUT2D eigenvalue weighted by Crippen LogP contribution is 2.32. The molecule has 1 aromatic heterocycles. The van der Waals surface area contributed by atoms with E-state index in [2.05, 4.69) is 26.2 Å². The van der Waals surface area contributed by atoms with Crippen LogP contribution >= 0.6 is 39.1 Å². The van der Waals surface area contributed by atoms with Crippen LogP contribution in [0.1, 0.15) is 10.4 Å². The number of amides is 1. The average Bonchev–Trinajstić information content (AvgIpc) is 3.21. The van der Waals surface area contributed by atoms with Crippen LogP contribution in [-0.4, -0.2) is 10.9 Å². The molecule has 0 aliphatic heterocycles. The van der Waals surface area contributed by atoms with Gasteiger partial charge in [0.15, 0.2) is 5.76 Å². The Hall–Kier alpha value is -2.60. The summed E-state index contributed by atoms with van der Waals surface area (Å²) >= 11 is 15.7. The fourth-order valence-corrected chi connectivity index (χ4v) is 3.58. The number of nitrogens with one attached hydrogen (secondary N) is 1. The number of benzene rings is 3. The standard InChI is InChI=1S/C22H13BrCl2N2O2/c23-14-6-3-5-13(11-14)19-12-26-22(29-19)16-8-2-1-7-15(16)21(28)27-18-10-4-9-17(24)20(18)25/h1-12H,(H,27,28). The lowest BCUT2D eigenvalue weighted by Crippen LogP contribution is -2.13. The van der Waals surface area contributed by atoms with Crippen molar-refractivity contribution in [3.05, 3.63) is 93.0 Å². The number of hydrogen-bond donors (Lipinski definition) is 1. The van der Waals surface area contributed by atoms with E-state index in [0.717, 1.165) is 10.0 Å². The molecule has 4 rings (SSSR count). The third-order valence-corrected chi connectivity index (χ3v) is 5.53. The molecule has 1 heterocycles. The molecule has 0 saturated heterocycles. The first-order chi connectivity index (χ1) is 14.0. The van der Waals surface area contributed by atoms with Crippen LogP contribution in [0, 0.1) is 0 Å². The number of nitrogens with zero attached hydrogens (tertiary/aromatic N) is 1. The topological polar surface area (TPSA) is 55.1 Å². The Labute approximate surface area is 185 Å². The van der Waals surface area contributed by atoms with Crippen molar-refractivity contribution in [1.29, 1.82) is 0 Å². The monoisotopic (exact) mass is 486 g/mol. The highest BCUT2D eigenvalue weighted by Gasteiger charge is 2.18. The Morgan fingerprint density at radius 3 is 2.62 bits per heavy atom. The lowest BCUT2D eigenvalue weighted by Gasteiger charge is -2.10. The molecule has 144 valence electrons. The minimum atomic E-state index is -0.341. The first kappa shape index (κ1) is 19.7. The second-order valence-corrected chi connectivity index (χ2v) is 7.84. The van der Waals surface area contributed by atoms with Crippen molar-refractivity contribution in [3.63, 3.8) is 0 Å². The molecule has 1 amide bonds. The van der Waals surface area contributed by atoms with Gasteiger partial charge in [-0.05, 0) is 36.4 Å². The van der Waals surface area contributed by atoms with Gasteiger partial charge in [0.2, 0.25) is 5.89 Å². The number of hydrogen-bond acceptors (Lipinski definition) is 3. The predicted octanol–water partition coefficient (Wildman–Crippen LogP) is 7.33. The fraction of sp³-hybridized carbons (Fsp3) is 0. The van der Waals surface area contributed by atoms with E-state index in [1.807, 2.05) is 30.3 Å². The minimum Gasteiger partial charge on any atom is -0.436 e. The zero-order valence-corrected chi connectivity index (χ0v) is 17.9. The molecule has 0 aliphatic rings. The molecule has 1 N–H and O–H groups in total. The molecule has 29 heavy (non-hydrogen) atoms. The summed E-state index contributed by atoms with van der Waals surface area (Å²) in [5.41, 5.74) is 2.29. The van der Waals surface area contributed by atoms with Gasteiger partial charge in [0.1, 0.15) is 0 Å². The molecule has 4 aromatic rings. The fourth-order valence-electron chi connectivity index (χ4n) is 2.83. The molecular weight excluding hydrogens is 475 g/mol. The van der Waals surface area contributed by atoms with Crippen molar-refractivity contribution >= 4 is 50.7 Å². The van der Waals surface area contributed by atoms with E-state index >= 15 is 0 Å². The van der Waals surface area contributed by atoms with Crippen LogP contribution in [0.25, 0.3) is 22.8 Å². The van der Waals surface area contributed by atoms with Crippen LogP contribution in [0.4, 0.5) is 5.69 Å². The van der Waals surface area contributed by atoms with Crippen LogP contribution < -0.4 is 5.32 Å². The summed E-state index contributed by atoms with van der Waals surface area (Å²) in [6.07, 6.45) is 1.64. The molecule has 0 atom stereocenters. The minimum absolute atomic E-state index is 0.285. The number of halogens is 3. The van der Waals surface area contributed by atoms with Crippen LogP contribution in [0.2, 0.25) is 10.0 Å². The molecule has 0 bridgehead atoms. The van der Waals surface area contributed by atoms with Crippen LogP contribution in [0.3, 0.4) is 0 Å². The Morgan fingerprint density at radius 1 is 1.00 bits per heavy atom. The largest absolute Gasteiger partial charge is 0.436 e. The van der Waals surface area contributed by atoms with Gasteiger partial charge in [-0.25, -0.2) is 4.98 Å². The SMILES string of the molecule is O=C(Nc1cccc(Cl)c1Cl)c1ccccc1-c1ncc(-c2cccc(Br)c2)o1. The van der Waals surface area contributed by atoms with E-state index in [-0.39, 0.29) is 10.9 Å². The quantitative estimate of drug-likeness (QED) is 0.327. The summed E-state index contributed by atoms with van der Waals surface area (Å²) in [5.74, 6) is 0.615. The molecule has 3 aromatic carbocycles. The number of anilines is 1. The lowest BCUT2D eigenvalue weighted by atomic mass is 10.1. The Balaban J connectivity index is 1.67. The summed E-state index contributed by atoms with van der Waals surface area (Å²) < 4.78 is 6.87. The number of rotatable bonds is 4. The zero-order chi connectivity index (χ0) is 20.4. The molecule has 7 heteroatoms. The number of carbonyl (C=O) groups excluding carboxylic acids is 1. The molecule has 4 nitrogen and oxygen atoms in total. The summed E-state index contributed by atoms with van der Waals surface area (Å²) in [6, 6.07) is 19.8. The Kier molecular flexibility index (Phi) is 5.72. The summed E-state index contributed by atoms with van der Waals surface area (Å²) in [7, 11) is 0. The van der Waals surface area contributed by atoms with E-state index in [1.54, 1.807) is 42.6 Å². The average molecular weight is 488 g/mol. The summed E-state index contributed by atoms with van der Waals surface area (Å²) in [5, 5.41) is 3.44. The molecule has 0 radical (unpaired) electrons. The van der Waals surface area contributed by atoms with Crippen LogP contribution in [0.15, 0.2) is 81.8 Å². The molecule has 0 unspecified atom stereocenters. The summed E-state index contributed by atoms with van der Waals surface area (Å²) in [6.45, 7) is 0. The van der Waals surface area contributed by atoms with E-state index in [0.29, 0.717) is 33.5 Å². The van der Waals surface area contributed by atoms with Crippen molar-refractivity contribution in [1.82, 2.24) is 4.98 Å². The molecule has 0 spiro atoms. The van der Waals surface area contributed by atoms with Crippen molar-refractivity contribution in [3.8, 4) is 22.8 Å². The third kappa shape index (κ3) is 4.22. The second-order valence-electron chi connectivity index (χ2n) is 6.14. The van der Waals surface area contributed by atoms with Crippen molar-refractivity contribution in [2.75, 3.05) is 5.32 Å². The Morgan fingerprint density at radius 2 is 1.79 bits per heavy atom. The van der Waals surface area contributed by atoms with Crippen molar-refractivity contribution < 1.29 is 9.21 Å². The maximum atomic E-state index is 12.9. The first-order valence-corrected chi connectivity index (χ1v) is 10.1. The van der Waals surface area contributed by atoms with Gasteiger partial charge in [0, 0.05) is 15.6 Å². The van der Waals surface area contributed by atoms with Gasteiger partial charge < -0.3 is 9.73 Å². The van der Waals surface area contributed by atoms with Crippen LogP contribution in [0.5, 0.6) is 0 Å². The van der Waals surface area contributed by atoms with Gasteiger partial charge in [-0.15, -0.1) is 0 Å². The molecule has 0 aliphatic carbocycles. The van der Waals surface area contributed by atoms with Crippen molar-refractivity contribution in [2.45, 2.75) is 0 Å². The smallest absolute Gasteiger partial charge is 0.256 e. The number of oxazole rings is 1. The van der Waals surface area contributed by atoms with Gasteiger partial charge in [0.05, 0.1) is 27.5 Å². The van der Waals surface area contributed by atoms with Crippen molar-refractivity contribution in [2.24, 2.45) is 0 Å². The van der Waals surface area contributed by atoms with E-state index < -0.39 is 0 Å². The summed E-state index contributed by atoms with van der Waals surface area (Å²) in [4.78, 5) is 17.3. The van der Waals surface area contributed by atoms with E-state index in [1.165, 1.54) is 0 Å². The lowest BCUT2D eigenvalue weighted by molar-refractivity contribution is 0.102. The highest BCUT2D eigenvalue weighted by atomic mass is 79.9. The second kappa shape index (κ2) is 8.41. The van der Waals surface area contributed by atoms with Gasteiger partial charge in [-0.2, -0.15) is 0 Å². The Bertz CT molecular complexity index is 1210. The number of carbonyl (C=O) groups is 1. The van der Waals surface area contributed by atoms with E-state index in [4.69, 9.17) is 27.6 Å². The van der Waals surface area contributed by atoms with Gasteiger partial charge in [-0.1, -0.05) is 69.5 Å². The predicted molar refractivity (Wildman–Crippen MR) is 119 cm³/mol. The van der Waals surface area contributed by atoms with Gasteiger partial charge in [0.25, 0.3) is 5.91 Å². The maximum Gasteiger partial charge on any atom is 0.256 e. The third-order valence-electron chi connectivity index (χ3n) is 4.22. The highest BCUT2D eigenvalue weighted by molar-refractivity contribution is 9.10. The van der Waals surface area contributed by atoms with Gasteiger partial charge in [-0.3, -0.25) is 4.79 Å². The van der Waals surface area contributed by atoms with Gasteiger partial charge >= 0.3 is 0 Å². The molecular formula is C22H13BrCl2N2O2. The maximum absolute atomic E-state index is 12.9. The molecule has 0 fully saturated rings. The van der Waals surface area contributed by atoms with Crippen LogP contribution in [-0.2, 0) is 0 Å². The zero-order valence-electron chi connectivity index (χ0n) is 14.8. The number of aromatic nitrogens is 1. The first-order valence-electron chi connectivity index (χ1n) is 8.59. The normalized spacial score (nSPS) is 10.7.